The number of fused-ring (bicyclic) bond motifs is 2. The summed E-state index contributed by atoms with van der Waals surface area (Å²) in [5, 5.41) is 6.39. The molecule has 3 aromatic heterocycles. The molecule has 1 aromatic carbocycles. The number of nitrogens with zero attached hydrogens (tertiary/aromatic N) is 3. The van der Waals surface area contributed by atoms with E-state index in [-0.39, 0.29) is 23.6 Å². The zero-order valence-electron chi connectivity index (χ0n) is 17.9. The molecule has 7 nitrogen and oxygen atoms in total. The first-order valence-corrected chi connectivity index (χ1v) is 10.9. The van der Waals surface area contributed by atoms with E-state index in [9.17, 15) is 18.0 Å². The van der Waals surface area contributed by atoms with Crippen LogP contribution in [0, 0.1) is 6.92 Å². The standard InChI is InChI=1S/C23H23F3N6O/c1-13-4-2-5-16-20(13)31-21(29-16)22(33)28-15-10-8-14(9-11-15)27-18-6-3-7-19-30-17(12-32(18)19)23(24,25)26/h2-7,12,14-15,27H,8-11H2,1H3,(H,28,33)(H,29,31)/t14-,15+. The molecule has 1 aliphatic carbocycles. The van der Waals surface area contributed by atoms with Gasteiger partial charge in [0.2, 0.25) is 0 Å². The molecule has 10 heteroatoms. The highest BCUT2D eigenvalue weighted by atomic mass is 19.4. The number of H-pyrrole nitrogens is 1. The quantitative estimate of drug-likeness (QED) is 0.416. The van der Waals surface area contributed by atoms with E-state index in [0.717, 1.165) is 48.5 Å². The summed E-state index contributed by atoms with van der Waals surface area (Å²) in [6, 6.07) is 10.8. The number of imidazole rings is 2. The van der Waals surface area contributed by atoms with Crippen LogP contribution < -0.4 is 10.6 Å². The number of alkyl halides is 3. The minimum atomic E-state index is -4.49. The molecule has 4 aromatic rings. The lowest BCUT2D eigenvalue weighted by Crippen LogP contribution is -2.40. The molecule has 1 fully saturated rings. The maximum absolute atomic E-state index is 13.0. The maximum atomic E-state index is 13.0. The molecule has 0 unspecified atom stereocenters. The Hall–Kier alpha value is -3.56. The number of halogens is 3. The van der Waals surface area contributed by atoms with Gasteiger partial charge in [0.05, 0.1) is 11.0 Å². The van der Waals surface area contributed by atoms with Crippen LogP contribution in [0.15, 0.2) is 42.6 Å². The van der Waals surface area contributed by atoms with Gasteiger partial charge in [0.1, 0.15) is 11.5 Å². The number of amides is 1. The summed E-state index contributed by atoms with van der Waals surface area (Å²) in [4.78, 5) is 23.8. The number of hydrogen-bond acceptors (Lipinski definition) is 4. The van der Waals surface area contributed by atoms with E-state index in [0.29, 0.717) is 11.6 Å². The number of aromatic amines is 1. The molecule has 0 saturated heterocycles. The van der Waals surface area contributed by atoms with Crippen LogP contribution >= 0.6 is 0 Å². The van der Waals surface area contributed by atoms with E-state index >= 15 is 0 Å². The van der Waals surface area contributed by atoms with Crippen molar-refractivity contribution in [3.05, 3.63) is 59.7 Å². The Morgan fingerprint density at radius 1 is 1.06 bits per heavy atom. The number of anilines is 1. The number of rotatable bonds is 4. The van der Waals surface area contributed by atoms with E-state index in [1.54, 1.807) is 18.2 Å². The first kappa shape index (κ1) is 21.3. The molecule has 1 saturated carbocycles. The van der Waals surface area contributed by atoms with Gasteiger partial charge in [-0.1, -0.05) is 18.2 Å². The summed E-state index contributed by atoms with van der Waals surface area (Å²) in [5.41, 5.74) is 1.95. The number of nitrogens with one attached hydrogen (secondary N) is 3. The van der Waals surface area contributed by atoms with Crippen molar-refractivity contribution in [3.63, 3.8) is 0 Å². The van der Waals surface area contributed by atoms with Crippen LogP contribution in [0.4, 0.5) is 19.0 Å². The lowest BCUT2D eigenvalue weighted by Gasteiger charge is -2.30. The van der Waals surface area contributed by atoms with Gasteiger partial charge in [0, 0.05) is 18.3 Å². The molecule has 0 spiro atoms. The second-order valence-corrected chi connectivity index (χ2v) is 8.49. The fourth-order valence-electron chi connectivity index (χ4n) is 4.39. The zero-order valence-corrected chi connectivity index (χ0v) is 17.9. The predicted octanol–water partition coefficient (Wildman–Crippen LogP) is 4.69. The molecule has 0 bridgehead atoms. The van der Waals surface area contributed by atoms with Crippen LogP contribution in [0.25, 0.3) is 16.7 Å². The smallest absolute Gasteiger partial charge is 0.368 e. The largest absolute Gasteiger partial charge is 0.434 e. The molecule has 1 aliphatic rings. The van der Waals surface area contributed by atoms with Crippen molar-refractivity contribution in [2.75, 3.05) is 5.32 Å². The molecule has 0 atom stereocenters. The summed E-state index contributed by atoms with van der Waals surface area (Å²) < 4.78 is 40.5. The lowest BCUT2D eigenvalue weighted by molar-refractivity contribution is -0.140. The third kappa shape index (κ3) is 4.24. The number of carbonyl (C=O) groups is 1. The van der Waals surface area contributed by atoms with Crippen LogP contribution in [0.5, 0.6) is 0 Å². The highest BCUT2D eigenvalue weighted by Crippen LogP contribution is 2.30. The van der Waals surface area contributed by atoms with E-state index in [2.05, 4.69) is 25.6 Å². The first-order chi connectivity index (χ1) is 15.8. The predicted molar refractivity (Wildman–Crippen MR) is 118 cm³/mol. The van der Waals surface area contributed by atoms with Crippen LogP contribution in [0.1, 0.15) is 47.6 Å². The van der Waals surface area contributed by atoms with Crippen molar-refractivity contribution in [2.45, 2.75) is 50.9 Å². The number of aryl methyl sites for hydroxylation is 1. The Morgan fingerprint density at radius 3 is 2.52 bits per heavy atom. The lowest BCUT2D eigenvalue weighted by atomic mass is 9.91. The van der Waals surface area contributed by atoms with Crippen molar-refractivity contribution >= 4 is 28.4 Å². The van der Waals surface area contributed by atoms with Crippen LogP contribution in [-0.4, -0.2) is 37.3 Å². The van der Waals surface area contributed by atoms with E-state index in [1.807, 2.05) is 25.1 Å². The minimum absolute atomic E-state index is 0.0192. The Bertz CT molecular complexity index is 1320. The summed E-state index contributed by atoms with van der Waals surface area (Å²) in [6.07, 6.45) is -0.397. The Balaban J connectivity index is 1.21. The number of aromatic nitrogens is 4. The second-order valence-electron chi connectivity index (χ2n) is 8.49. The van der Waals surface area contributed by atoms with Crippen molar-refractivity contribution < 1.29 is 18.0 Å². The van der Waals surface area contributed by atoms with Crippen molar-refractivity contribution in [1.29, 1.82) is 0 Å². The summed E-state index contributed by atoms with van der Waals surface area (Å²) in [5.74, 6) is 0.636. The molecule has 5 rings (SSSR count). The molecule has 33 heavy (non-hydrogen) atoms. The van der Waals surface area contributed by atoms with Gasteiger partial charge in [-0.3, -0.25) is 9.20 Å². The molecule has 1 amide bonds. The third-order valence-corrected chi connectivity index (χ3v) is 6.13. The van der Waals surface area contributed by atoms with Gasteiger partial charge < -0.3 is 15.6 Å². The molecule has 3 heterocycles. The zero-order chi connectivity index (χ0) is 23.2. The van der Waals surface area contributed by atoms with Crippen molar-refractivity contribution in [1.82, 2.24) is 24.7 Å². The monoisotopic (exact) mass is 456 g/mol. The van der Waals surface area contributed by atoms with Gasteiger partial charge in [-0.2, -0.15) is 13.2 Å². The molecular formula is C23H23F3N6O. The Morgan fingerprint density at radius 2 is 1.79 bits per heavy atom. The minimum Gasteiger partial charge on any atom is -0.368 e. The average Bonchev–Trinajstić information content (AvgIpc) is 3.41. The average molecular weight is 456 g/mol. The number of benzene rings is 1. The van der Waals surface area contributed by atoms with Crippen LogP contribution in [0.3, 0.4) is 0 Å². The van der Waals surface area contributed by atoms with Crippen molar-refractivity contribution in [2.24, 2.45) is 0 Å². The first-order valence-electron chi connectivity index (χ1n) is 10.9. The molecule has 172 valence electrons. The van der Waals surface area contributed by atoms with Crippen LogP contribution in [0.2, 0.25) is 0 Å². The van der Waals surface area contributed by atoms with E-state index < -0.39 is 11.9 Å². The Labute approximate surface area is 187 Å². The number of para-hydroxylation sites is 1. The Kier molecular flexibility index (Phi) is 5.22. The fraction of sp³-hybridized carbons (Fsp3) is 0.348. The van der Waals surface area contributed by atoms with E-state index in [4.69, 9.17) is 0 Å². The van der Waals surface area contributed by atoms with Gasteiger partial charge in [0.15, 0.2) is 11.5 Å². The van der Waals surface area contributed by atoms with Gasteiger partial charge in [-0.05, 0) is 56.4 Å². The normalized spacial score (nSPS) is 19.2. The van der Waals surface area contributed by atoms with Gasteiger partial charge in [-0.25, -0.2) is 9.97 Å². The molecule has 0 aliphatic heterocycles. The summed E-state index contributed by atoms with van der Waals surface area (Å²) in [7, 11) is 0. The van der Waals surface area contributed by atoms with Gasteiger partial charge >= 0.3 is 6.18 Å². The highest BCUT2D eigenvalue weighted by Gasteiger charge is 2.34. The van der Waals surface area contributed by atoms with Crippen LogP contribution in [-0.2, 0) is 6.18 Å². The second kappa shape index (κ2) is 8.09. The van der Waals surface area contributed by atoms with Gasteiger partial charge in [-0.15, -0.1) is 0 Å². The topological polar surface area (TPSA) is 87.1 Å². The number of hydrogen-bond donors (Lipinski definition) is 3. The number of carbonyl (C=O) groups excluding carboxylic acids is 1. The molecular weight excluding hydrogens is 433 g/mol. The maximum Gasteiger partial charge on any atom is 0.434 e. The third-order valence-electron chi connectivity index (χ3n) is 6.13. The molecule has 0 radical (unpaired) electrons. The highest BCUT2D eigenvalue weighted by molar-refractivity contribution is 5.94. The van der Waals surface area contributed by atoms with Crippen molar-refractivity contribution in [3.8, 4) is 0 Å². The SMILES string of the molecule is Cc1cccc2[nH]c(C(=O)N[C@H]3CC[C@@H](Nc4cccc5nc(C(F)(F)F)cn45)CC3)nc12. The fourth-order valence-corrected chi connectivity index (χ4v) is 4.39. The van der Waals surface area contributed by atoms with E-state index in [1.165, 1.54) is 4.40 Å². The number of pyridine rings is 1. The summed E-state index contributed by atoms with van der Waals surface area (Å²) in [6.45, 7) is 1.95. The molecule has 3 N–H and O–H groups in total. The summed E-state index contributed by atoms with van der Waals surface area (Å²) >= 11 is 0. The van der Waals surface area contributed by atoms with Gasteiger partial charge in [0.25, 0.3) is 5.91 Å².